The monoisotopic (exact) mass is 280 g/mol. The first-order chi connectivity index (χ1) is 7.78. The number of halogens is 1. The van der Waals surface area contributed by atoms with E-state index in [2.05, 4.69) is 31.3 Å². The molecule has 0 aliphatic carbocycles. The fourth-order valence-corrected chi connectivity index (χ4v) is 1.93. The summed E-state index contributed by atoms with van der Waals surface area (Å²) in [6.07, 6.45) is 7.54. The standard InChI is InChI=1S/C11H13BrN4/c1-13-3-10-5-15-16(8-10)7-9-2-11(12)6-14-4-9/h2,4-6,8,13H,3,7H2,1H3. The summed E-state index contributed by atoms with van der Waals surface area (Å²) in [5.74, 6) is 0. The van der Waals surface area contributed by atoms with Crippen LogP contribution in [0, 0.1) is 0 Å². The Bertz CT molecular complexity index is 467. The number of hydrogen-bond donors (Lipinski definition) is 1. The number of aromatic nitrogens is 3. The Hall–Kier alpha value is -1.20. The molecule has 0 saturated heterocycles. The molecule has 4 nitrogen and oxygen atoms in total. The minimum atomic E-state index is 0.746. The van der Waals surface area contributed by atoms with Crippen LogP contribution in [0.25, 0.3) is 0 Å². The summed E-state index contributed by atoms with van der Waals surface area (Å²) in [5.41, 5.74) is 2.32. The normalized spacial score (nSPS) is 10.6. The molecule has 0 bridgehead atoms. The van der Waals surface area contributed by atoms with Gasteiger partial charge < -0.3 is 5.32 Å². The van der Waals surface area contributed by atoms with E-state index in [-0.39, 0.29) is 0 Å². The van der Waals surface area contributed by atoms with Crippen molar-refractivity contribution in [2.75, 3.05) is 7.05 Å². The second-order valence-electron chi connectivity index (χ2n) is 3.59. The fraction of sp³-hybridized carbons (Fsp3) is 0.273. The van der Waals surface area contributed by atoms with Crippen molar-refractivity contribution in [1.82, 2.24) is 20.1 Å². The number of nitrogens with zero attached hydrogens (tertiary/aromatic N) is 3. The molecule has 0 atom stereocenters. The molecule has 16 heavy (non-hydrogen) atoms. The van der Waals surface area contributed by atoms with E-state index in [1.54, 1.807) is 6.20 Å². The van der Waals surface area contributed by atoms with Crippen molar-refractivity contribution in [2.45, 2.75) is 13.1 Å². The van der Waals surface area contributed by atoms with E-state index in [0.717, 1.165) is 23.1 Å². The van der Waals surface area contributed by atoms with Gasteiger partial charge in [0.2, 0.25) is 0 Å². The minimum absolute atomic E-state index is 0.746. The van der Waals surface area contributed by atoms with Gasteiger partial charge in [-0.3, -0.25) is 9.67 Å². The maximum atomic E-state index is 4.29. The lowest BCUT2D eigenvalue weighted by molar-refractivity contribution is 0.683. The van der Waals surface area contributed by atoms with E-state index < -0.39 is 0 Å². The van der Waals surface area contributed by atoms with E-state index >= 15 is 0 Å². The molecule has 0 amide bonds. The lowest BCUT2D eigenvalue weighted by atomic mass is 10.3. The van der Waals surface area contributed by atoms with Crippen LogP contribution in [0.15, 0.2) is 35.3 Å². The molecule has 0 spiro atoms. The summed E-state index contributed by atoms with van der Waals surface area (Å²) in [6.45, 7) is 1.59. The predicted molar refractivity (Wildman–Crippen MR) is 66.0 cm³/mol. The summed E-state index contributed by atoms with van der Waals surface area (Å²) < 4.78 is 2.91. The maximum Gasteiger partial charge on any atom is 0.0674 e. The molecular weight excluding hydrogens is 268 g/mol. The molecule has 0 aliphatic rings. The summed E-state index contributed by atoms with van der Waals surface area (Å²) >= 11 is 3.40. The molecule has 0 unspecified atom stereocenters. The first-order valence-electron chi connectivity index (χ1n) is 5.03. The van der Waals surface area contributed by atoms with Gasteiger partial charge in [0.25, 0.3) is 0 Å². The predicted octanol–water partition coefficient (Wildman–Crippen LogP) is 1.81. The van der Waals surface area contributed by atoms with Crippen molar-refractivity contribution in [3.8, 4) is 0 Å². The van der Waals surface area contributed by atoms with Gasteiger partial charge in [0.05, 0.1) is 12.7 Å². The molecule has 0 aromatic carbocycles. The van der Waals surface area contributed by atoms with E-state index in [9.17, 15) is 0 Å². The second-order valence-corrected chi connectivity index (χ2v) is 4.50. The zero-order valence-corrected chi connectivity index (χ0v) is 10.6. The lowest BCUT2D eigenvalue weighted by Crippen LogP contribution is -2.04. The van der Waals surface area contributed by atoms with Crippen LogP contribution in [0.2, 0.25) is 0 Å². The van der Waals surface area contributed by atoms with Gasteiger partial charge in [0, 0.05) is 35.2 Å². The Balaban J connectivity index is 2.08. The Labute approximate surface area is 103 Å². The summed E-state index contributed by atoms with van der Waals surface area (Å²) in [4.78, 5) is 4.12. The van der Waals surface area contributed by atoms with Crippen molar-refractivity contribution in [1.29, 1.82) is 0 Å². The zero-order valence-electron chi connectivity index (χ0n) is 9.02. The first-order valence-corrected chi connectivity index (χ1v) is 5.82. The zero-order chi connectivity index (χ0) is 11.4. The average Bonchev–Trinajstić information content (AvgIpc) is 2.66. The molecule has 0 saturated carbocycles. The largest absolute Gasteiger partial charge is 0.316 e. The molecule has 0 radical (unpaired) electrons. The van der Waals surface area contributed by atoms with Crippen LogP contribution in [-0.2, 0) is 13.1 Å². The summed E-state index contributed by atoms with van der Waals surface area (Å²) in [6, 6.07) is 2.05. The van der Waals surface area contributed by atoms with Gasteiger partial charge in [-0.2, -0.15) is 5.10 Å². The summed E-state index contributed by atoms with van der Waals surface area (Å²) in [7, 11) is 1.93. The molecule has 2 aromatic rings. The molecule has 0 fully saturated rings. The van der Waals surface area contributed by atoms with Crippen LogP contribution in [-0.4, -0.2) is 21.8 Å². The lowest BCUT2D eigenvalue weighted by Gasteiger charge is -2.01. The number of rotatable bonds is 4. The number of pyridine rings is 1. The van der Waals surface area contributed by atoms with Crippen molar-refractivity contribution in [3.05, 3.63) is 46.5 Å². The highest BCUT2D eigenvalue weighted by Gasteiger charge is 2.00. The summed E-state index contributed by atoms with van der Waals surface area (Å²) in [5, 5.41) is 7.39. The molecule has 0 aliphatic heterocycles. The first kappa shape index (κ1) is 11.3. The minimum Gasteiger partial charge on any atom is -0.316 e. The molecular formula is C11H13BrN4. The molecule has 2 heterocycles. The topological polar surface area (TPSA) is 42.7 Å². The van der Waals surface area contributed by atoms with E-state index in [0.29, 0.717) is 0 Å². The molecule has 2 rings (SSSR count). The third-order valence-corrected chi connectivity index (χ3v) is 2.61. The van der Waals surface area contributed by atoms with Gasteiger partial charge in [-0.05, 0) is 34.6 Å². The van der Waals surface area contributed by atoms with Gasteiger partial charge in [-0.1, -0.05) is 0 Å². The third kappa shape index (κ3) is 2.90. The van der Waals surface area contributed by atoms with Gasteiger partial charge in [-0.25, -0.2) is 0 Å². The number of nitrogens with one attached hydrogen (secondary N) is 1. The van der Waals surface area contributed by atoms with Crippen molar-refractivity contribution in [2.24, 2.45) is 0 Å². The highest BCUT2D eigenvalue weighted by molar-refractivity contribution is 9.10. The van der Waals surface area contributed by atoms with Crippen LogP contribution < -0.4 is 5.32 Å². The van der Waals surface area contributed by atoms with E-state index in [4.69, 9.17) is 0 Å². The highest BCUT2D eigenvalue weighted by atomic mass is 79.9. The fourth-order valence-electron chi connectivity index (χ4n) is 1.52. The molecule has 2 aromatic heterocycles. The Morgan fingerprint density at radius 1 is 1.31 bits per heavy atom. The van der Waals surface area contributed by atoms with Crippen molar-refractivity contribution >= 4 is 15.9 Å². The Kier molecular flexibility index (Phi) is 3.69. The van der Waals surface area contributed by atoms with Crippen LogP contribution in [0.5, 0.6) is 0 Å². The van der Waals surface area contributed by atoms with Gasteiger partial charge >= 0.3 is 0 Å². The van der Waals surface area contributed by atoms with Gasteiger partial charge in [-0.15, -0.1) is 0 Å². The van der Waals surface area contributed by atoms with Crippen LogP contribution >= 0.6 is 15.9 Å². The van der Waals surface area contributed by atoms with Crippen LogP contribution in [0.1, 0.15) is 11.1 Å². The van der Waals surface area contributed by atoms with Crippen molar-refractivity contribution in [3.63, 3.8) is 0 Å². The van der Waals surface area contributed by atoms with E-state index in [1.807, 2.05) is 36.4 Å². The Morgan fingerprint density at radius 3 is 2.94 bits per heavy atom. The van der Waals surface area contributed by atoms with Crippen molar-refractivity contribution < 1.29 is 0 Å². The quantitative estimate of drug-likeness (QED) is 0.929. The third-order valence-electron chi connectivity index (χ3n) is 2.17. The molecule has 5 heteroatoms. The maximum absolute atomic E-state index is 4.29. The smallest absolute Gasteiger partial charge is 0.0674 e. The second kappa shape index (κ2) is 5.23. The van der Waals surface area contributed by atoms with Gasteiger partial charge in [0.1, 0.15) is 0 Å². The Morgan fingerprint density at radius 2 is 2.19 bits per heavy atom. The van der Waals surface area contributed by atoms with Crippen LogP contribution in [0.3, 0.4) is 0 Å². The van der Waals surface area contributed by atoms with Gasteiger partial charge in [0.15, 0.2) is 0 Å². The van der Waals surface area contributed by atoms with Crippen LogP contribution in [0.4, 0.5) is 0 Å². The SMILES string of the molecule is CNCc1cnn(Cc2cncc(Br)c2)c1. The average molecular weight is 281 g/mol. The number of hydrogen-bond acceptors (Lipinski definition) is 3. The highest BCUT2D eigenvalue weighted by Crippen LogP contribution is 2.10. The molecule has 1 N–H and O–H groups in total. The molecule has 84 valence electrons. The van der Waals surface area contributed by atoms with E-state index in [1.165, 1.54) is 5.56 Å².